The highest BCUT2D eigenvalue weighted by molar-refractivity contribution is 5.86. The lowest BCUT2D eigenvalue weighted by Crippen LogP contribution is -2.25. The average Bonchev–Trinajstić information content (AvgIpc) is 3.21. The van der Waals surface area contributed by atoms with Gasteiger partial charge in [-0.05, 0) is 43.5 Å². The van der Waals surface area contributed by atoms with Crippen molar-refractivity contribution in [2.45, 2.75) is 39.2 Å². The maximum atomic E-state index is 13.3. The third-order valence-electron chi connectivity index (χ3n) is 5.28. The summed E-state index contributed by atoms with van der Waals surface area (Å²) in [5.74, 6) is 0.508. The fourth-order valence-electron chi connectivity index (χ4n) is 3.56. The summed E-state index contributed by atoms with van der Waals surface area (Å²) in [6, 6.07) is 12.9. The summed E-state index contributed by atoms with van der Waals surface area (Å²) >= 11 is 0. The van der Waals surface area contributed by atoms with Crippen LogP contribution in [0.4, 0.5) is 0 Å². The molecule has 2 heterocycles. The van der Waals surface area contributed by atoms with Crippen LogP contribution in [-0.4, -0.2) is 19.2 Å². The fourth-order valence-corrected chi connectivity index (χ4v) is 3.56. The van der Waals surface area contributed by atoms with Crippen LogP contribution in [-0.2, 0) is 16.0 Å². The number of unbranched alkanes of at least 4 members (excludes halogenated alkanes) is 1. The van der Waals surface area contributed by atoms with E-state index in [1.165, 1.54) is 13.4 Å². The van der Waals surface area contributed by atoms with E-state index in [2.05, 4.69) is 6.92 Å². The van der Waals surface area contributed by atoms with Crippen molar-refractivity contribution in [1.29, 1.82) is 0 Å². The SMILES string of the molecule is CCCCc1cc2c(=O)c(-c3cc4ccccc4o3)coc2cc1O[C@H](C)C(=O)OC. The molecule has 0 unspecified atom stereocenters. The third kappa shape index (κ3) is 4.06. The van der Waals surface area contributed by atoms with Gasteiger partial charge in [-0.25, -0.2) is 4.79 Å². The van der Waals surface area contributed by atoms with Crippen LogP contribution >= 0.6 is 0 Å². The predicted octanol–water partition coefficient (Wildman–Crippen LogP) is 5.49. The summed E-state index contributed by atoms with van der Waals surface area (Å²) in [5, 5.41) is 1.36. The molecule has 6 nitrogen and oxygen atoms in total. The molecule has 0 aliphatic carbocycles. The van der Waals surface area contributed by atoms with Gasteiger partial charge in [-0.1, -0.05) is 31.5 Å². The van der Waals surface area contributed by atoms with E-state index in [1.807, 2.05) is 30.3 Å². The van der Waals surface area contributed by atoms with Crippen molar-refractivity contribution in [3.05, 3.63) is 64.5 Å². The highest BCUT2D eigenvalue weighted by Crippen LogP contribution is 2.31. The van der Waals surface area contributed by atoms with E-state index >= 15 is 0 Å². The summed E-state index contributed by atoms with van der Waals surface area (Å²) < 4.78 is 22.2. The van der Waals surface area contributed by atoms with Crippen molar-refractivity contribution in [2.75, 3.05) is 7.11 Å². The smallest absolute Gasteiger partial charge is 0.346 e. The zero-order valence-electron chi connectivity index (χ0n) is 17.8. The molecule has 0 fully saturated rings. The minimum absolute atomic E-state index is 0.175. The number of ether oxygens (including phenoxy) is 2. The van der Waals surface area contributed by atoms with Crippen LogP contribution in [0.15, 0.2) is 62.4 Å². The minimum atomic E-state index is -0.774. The van der Waals surface area contributed by atoms with Crippen molar-refractivity contribution in [2.24, 2.45) is 0 Å². The summed E-state index contributed by atoms with van der Waals surface area (Å²) in [6.45, 7) is 3.72. The van der Waals surface area contributed by atoms with E-state index in [0.29, 0.717) is 40.0 Å². The molecule has 4 aromatic rings. The normalized spacial score (nSPS) is 12.2. The maximum absolute atomic E-state index is 13.3. The lowest BCUT2D eigenvalue weighted by Gasteiger charge is -2.16. The number of carbonyl (C=O) groups excluding carboxylic acids is 1. The molecule has 6 heteroatoms. The topological polar surface area (TPSA) is 78.9 Å². The van der Waals surface area contributed by atoms with Gasteiger partial charge in [0.2, 0.25) is 5.43 Å². The molecule has 0 aliphatic rings. The Morgan fingerprint density at radius 1 is 1.13 bits per heavy atom. The maximum Gasteiger partial charge on any atom is 0.346 e. The molecule has 0 N–H and O–H groups in total. The minimum Gasteiger partial charge on any atom is -0.479 e. The van der Waals surface area contributed by atoms with Crippen LogP contribution in [0, 0.1) is 0 Å². The molecule has 2 aromatic carbocycles. The summed E-state index contributed by atoms with van der Waals surface area (Å²) in [6.07, 6.45) is 3.25. The van der Waals surface area contributed by atoms with Crippen LogP contribution in [0.3, 0.4) is 0 Å². The number of esters is 1. The Kier molecular flexibility index (Phi) is 5.80. The second kappa shape index (κ2) is 8.68. The number of para-hydroxylation sites is 1. The Morgan fingerprint density at radius 2 is 1.94 bits per heavy atom. The number of rotatable bonds is 7. The zero-order valence-corrected chi connectivity index (χ0v) is 17.8. The van der Waals surface area contributed by atoms with E-state index in [-0.39, 0.29) is 5.43 Å². The van der Waals surface area contributed by atoms with Gasteiger partial charge in [-0.15, -0.1) is 0 Å². The molecule has 0 amide bonds. The Hall–Kier alpha value is -3.54. The summed E-state index contributed by atoms with van der Waals surface area (Å²) in [4.78, 5) is 25.1. The number of hydrogen-bond acceptors (Lipinski definition) is 6. The monoisotopic (exact) mass is 420 g/mol. The van der Waals surface area contributed by atoms with Gasteiger partial charge >= 0.3 is 5.97 Å². The van der Waals surface area contributed by atoms with Crippen molar-refractivity contribution < 1.29 is 23.1 Å². The molecule has 0 aliphatic heterocycles. The van der Waals surface area contributed by atoms with Gasteiger partial charge in [0, 0.05) is 11.5 Å². The van der Waals surface area contributed by atoms with Crippen LogP contribution in [0.2, 0.25) is 0 Å². The average molecular weight is 420 g/mol. The first-order chi connectivity index (χ1) is 15.0. The summed E-state index contributed by atoms with van der Waals surface area (Å²) in [7, 11) is 1.32. The van der Waals surface area contributed by atoms with Crippen molar-refractivity contribution in [3.63, 3.8) is 0 Å². The molecular formula is C25H24O6. The molecule has 4 rings (SSSR count). The van der Waals surface area contributed by atoms with Crippen molar-refractivity contribution in [3.8, 4) is 17.1 Å². The molecule has 0 radical (unpaired) electrons. The largest absolute Gasteiger partial charge is 0.479 e. The number of aryl methyl sites for hydroxylation is 1. The first-order valence-electron chi connectivity index (χ1n) is 10.3. The van der Waals surface area contributed by atoms with Crippen LogP contribution in [0.25, 0.3) is 33.3 Å². The van der Waals surface area contributed by atoms with Crippen molar-refractivity contribution in [1.82, 2.24) is 0 Å². The van der Waals surface area contributed by atoms with Crippen molar-refractivity contribution >= 4 is 27.9 Å². The Bertz CT molecular complexity index is 1260. The Morgan fingerprint density at radius 3 is 2.68 bits per heavy atom. The molecule has 31 heavy (non-hydrogen) atoms. The van der Waals surface area contributed by atoms with Gasteiger partial charge in [0.05, 0.1) is 12.5 Å². The fraction of sp³-hybridized carbons (Fsp3) is 0.280. The predicted molar refractivity (Wildman–Crippen MR) is 118 cm³/mol. The number of carbonyl (C=O) groups is 1. The number of furan rings is 1. The highest BCUT2D eigenvalue weighted by Gasteiger charge is 2.20. The van der Waals surface area contributed by atoms with Gasteiger partial charge in [0.15, 0.2) is 6.10 Å². The van der Waals surface area contributed by atoms with Crippen LogP contribution in [0.5, 0.6) is 5.75 Å². The lowest BCUT2D eigenvalue weighted by molar-refractivity contribution is -0.147. The lowest BCUT2D eigenvalue weighted by atomic mass is 10.0. The number of methoxy groups -OCH3 is 1. The molecule has 0 spiro atoms. The molecule has 1 atom stereocenters. The van der Waals surface area contributed by atoms with Crippen LogP contribution in [0.1, 0.15) is 32.3 Å². The molecule has 160 valence electrons. The Balaban J connectivity index is 1.81. The zero-order chi connectivity index (χ0) is 22.0. The molecule has 0 bridgehead atoms. The van der Waals surface area contributed by atoms with Gasteiger partial charge < -0.3 is 18.3 Å². The van der Waals surface area contributed by atoms with Gasteiger partial charge in [0.1, 0.15) is 34.5 Å². The van der Waals surface area contributed by atoms with E-state index in [4.69, 9.17) is 18.3 Å². The second-order valence-corrected chi connectivity index (χ2v) is 7.47. The number of benzene rings is 2. The second-order valence-electron chi connectivity index (χ2n) is 7.47. The van der Waals surface area contributed by atoms with E-state index in [9.17, 15) is 9.59 Å². The molecule has 2 aromatic heterocycles. The first kappa shape index (κ1) is 20.7. The van der Waals surface area contributed by atoms with Gasteiger partial charge in [-0.2, -0.15) is 0 Å². The third-order valence-corrected chi connectivity index (χ3v) is 5.28. The van der Waals surface area contributed by atoms with Gasteiger partial charge in [0.25, 0.3) is 0 Å². The quantitative estimate of drug-likeness (QED) is 0.368. The summed E-state index contributed by atoms with van der Waals surface area (Å²) in [5.41, 5.74) is 2.13. The van der Waals surface area contributed by atoms with Gasteiger partial charge in [-0.3, -0.25) is 4.79 Å². The molecule has 0 saturated heterocycles. The highest BCUT2D eigenvalue weighted by atomic mass is 16.6. The first-order valence-corrected chi connectivity index (χ1v) is 10.3. The Labute approximate surface area is 179 Å². The van der Waals surface area contributed by atoms with E-state index in [1.54, 1.807) is 19.1 Å². The van der Waals surface area contributed by atoms with E-state index < -0.39 is 12.1 Å². The molecular weight excluding hydrogens is 396 g/mol. The number of hydrogen-bond donors (Lipinski definition) is 0. The standard InChI is InChI=1S/C25H24O6/c1-4-5-8-16-11-18-22(13-21(16)30-15(2)25(27)28-3)29-14-19(24(18)26)23-12-17-9-6-7-10-20(17)31-23/h6-7,9-15H,4-5,8H2,1-3H3/t15-/m1/s1. The van der Waals surface area contributed by atoms with Crippen LogP contribution < -0.4 is 10.2 Å². The number of fused-ring (bicyclic) bond motifs is 2. The van der Waals surface area contributed by atoms with E-state index in [0.717, 1.165) is 23.8 Å². The molecule has 0 saturated carbocycles.